The highest BCUT2D eigenvalue weighted by Gasteiger charge is 2.14. The van der Waals surface area contributed by atoms with Gasteiger partial charge in [-0.15, -0.1) is 0 Å². The molecule has 0 unspecified atom stereocenters. The van der Waals surface area contributed by atoms with Crippen molar-refractivity contribution >= 4 is 6.09 Å². The van der Waals surface area contributed by atoms with E-state index in [0.29, 0.717) is 5.75 Å². The fourth-order valence-corrected chi connectivity index (χ4v) is 0.842. The van der Waals surface area contributed by atoms with Gasteiger partial charge in [-0.1, -0.05) is 0 Å². The largest absolute Gasteiger partial charge is 0.410 e. The van der Waals surface area contributed by atoms with Crippen molar-refractivity contribution in [1.29, 1.82) is 0 Å². The van der Waals surface area contributed by atoms with Crippen LogP contribution in [0.5, 0.6) is 5.75 Å². The van der Waals surface area contributed by atoms with Crippen molar-refractivity contribution in [3.05, 3.63) is 12.4 Å². The van der Waals surface area contributed by atoms with Crippen LogP contribution in [0.15, 0.2) is 12.4 Å². The molecule has 72 valence electrons. The highest BCUT2D eigenvalue weighted by atomic mass is 16.5. The molecule has 0 aliphatic rings. The van der Waals surface area contributed by atoms with Gasteiger partial charge in [0.1, 0.15) is 0 Å². The molecule has 1 amide bonds. The van der Waals surface area contributed by atoms with Gasteiger partial charge in [0.2, 0.25) is 0 Å². The Morgan fingerprint density at radius 3 is 2.62 bits per heavy atom. The molecule has 1 heterocycles. The van der Waals surface area contributed by atoms with Crippen molar-refractivity contribution in [2.24, 2.45) is 5.73 Å². The van der Waals surface area contributed by atoms with Crippen LogP contribution in [0.1, 0.15) is 20.8 Å². The van der Waals surface area contributed by atoms with E-state index in [9.17, 15) is 4.79 Å². The lowest BCUT2D eigenvalue weighted by Crippen LogP contribution is -2.22. The molecule has 0 saturated heterocycles. The summed E-state index contributed by atoms with van der Waals surface area (Å²) in [5.41, 5.74) is 4.72. The molecule has 1 aromatic rings. The predicted molar refractivity (Wildman–Crippen MR) is 47.4 cm³/mol. The average molecular weight is 183 g/mol. The van der Waals surface area contributed by atoms with Crippen LogP contribution in [0.25, 0.3) is 0 Å². The molecule has 13 heavy (non-hydrogen) atoms. The lowest BCUT2D eigenvalue weighted by molar-refractivity contribution is 0.210. The molecule has 0 aliphatic carbocycles. The third-order valence-corrected chi connectivity index (χ3v) is 1.46. The molecule has 0 spiro atoms. The van der Waals surface area contributed by atoms with E-state index in [-0.39, 0.29) is 5.54 Å². The van der Waals surface area contributed by atoms with Gasteiger partial charge >= 0.3 is 6.09 Å². The molecular formula is C8H13N3O2. The summed E-state index contributed by atoms with van der Waals surface area (Å²) in [7, 11) is 0. The van der Waals surface area contributed by atoms with Crippen molar-refractivity contribution in [1.82, 2.24) is 9.78 Å². The molecule has 0 aromatic carbocycles. The Morgan fingerprint density at radius 2 is 2.23 bits per heavy atom. The quantitative estimate of drug-likeness (QED) is 0.708. The summed E-state index contributed by atoms with van der Waals surface area (Å²) in [6, 6.07) is 0. The number of ether oxygens (including phenoxy) is 1. The van der Waals surface area contributed by atoms with E-state index in [1.807, 2.05) is 20.8 Å². The summed E-state index contributed by atoms with van der Waals surface area (Å²) in [6.07, 6.45) is 2.26. The number of carbonyl (C=O) groups excluding carboxylic acids is 1. The van der Waals surface area contributed by atoms with Crippen LogP contribution in [0.4, 0.5) is 4.79 Å². The molecule has 5 nitrogen and oxygen atoms in total. The number of rotatable bonds is 1. The number of primary amides is 1. The summed E-state index contributed by atoms with van der Waals surface area (Å²) < 4.78 is 6.35. The summed E-state index contributed by atoms with van der Waals surface area (Å²) in [6.45, 7) is 5.98. The van der Waals surface area contributed by atoms with Gasteiger partial charge in [0.25, 0.3) is 0 Å². The van der Waals surface area contributed by atoms with E-state index in [1.54, 1.807) is 10.9 Å². The van der Waals surface area contributed by atoms with Gasteiger partial charge in [-0.25, -0.2) is 4.79 Å². The Labute approximate surface area is 76.5 Å². The van der Waals surface area contributed by atoms with Gasteiger partial charge in [0.05, 0.1) is 17.9 Å². The number of hydrogen-bond donors (Lipinski definition) is 1. The highest BCUT2D eigenvalue weighted by molar-refractivity contribution is 5.67. The number of carbonyl (C=O) groups is 1. The minimum atomic E-state index is -0.826. The maximum atomic E-state index is 10.4. The Balaban J connectivity index is 2.81. The van der Waals surface area contributed by atoms with E-state index in [0.717, 1.165) is 0 Å². The number of amides is 1. The first kappa shape index (κ1) is 9.57. The van der Waals surface area contributed by atoms with Crippen molar-refractivity contribution in [2.45, 2.75) is 26.3 Å². The van der Waals surface area contributed by atoms with Crippen molar-refractivity contribution < 1.29 is 9.53 Å². The van der Waals surface area contributed by atoms with Crippen LogP contribution in [-0.2, 0) is 5.54 Å². The molecule has 2 N–H and O–H groups in total. The number of nitrogens with two attached hydrogens (primary N) is 1. The molecule has 0 fully saturated rings. The van der Waals surface area contributed by atoms with Gasteiger partial charge in [-0.3, -0.25) is 4.68 Å². The van der Waals surface area contributed by atoms with Crippen molar-refractivity contribution in [2.75, 3.05) is 0 Å². The van der Waals surface area contributed by atoms with Crippen LogP contribution in [0.2, 0.25) is 0 Å². The zero-order valence-electron chi connectivity index (χ0n) is 7.94. The molecule has 0 radical (unpaired) electrons. The van der Waals surface area contributed by atoms with Crippen molar-refractivity contribution in [3.63, 3.8) is 0 Å². The number of aromatic nitrogens is 2. The summed E-state index contributed by atoms with van der Waals surface area (Å²) in [5, 5.41) is 4.02. The first-order valence-electron chi connectivity index (χ1n) is 3.92. The predicted octanol–water partition coefficient (Wildman–Crippen LogP) is 1.10. The molecule has 1 aromatic heterocycles. The number of hydrogen-bond acceptors (Lipinski definition) is 3. The Kier molecular flexibility index (Phi) is 2.27. The van der Waals surface area contributed by atoms with E-state index < -0.39 is 6.09 Å². The van der Waals surface area contributed by atoms with Crippen LogP contribution < -0.4 is 10.5 Å². The van der Waals surface area contributed by atoms with E-state index in [4.69, 9.17) is 5.73 Å². The Hall–Kier alpha value is -1.52. The first-order chi connectivity index (χ1) is 5.89. The summed E-state index contributed by atoms with van der Waals surface area (Å²) in [5.74, 6) is 0.363. The lowest BCUT2D eigenvalue weighted by Gasteiger charge is -2.18. The zero-order chi connectivity index (χ0) is 10.1. The summed E-state index contributed by atoms with van der Waals surface area (Å²) >= 11 is 0. The smallest absolute Gasteiger partial charge is 0.407 e. The topological polar surface area (TPSA) is 70.1 Å². The second-order valence-electron chi connectivity index (χ2n) is 3.71. The van der Waals surface area contributed by atoms with Gasteiger partial charge < -0.3 is 10.5 Å². The highest BCUT2D eigenvalue weighted by Crippen LogP contribution is 2.16. The second-order valence-corrected chi connectivity index (χ2v) is 3.71. The Morgan fingerprint density at radius 1 is 1.62 bits per heavy atom. The summed E-state index contributed by atoms with van der Waals surface area (Å²) in [4.78, 5) is 10.4. The minimum absolute atomic E-state index is 0.126. The maximum absolute atomic E-state index is 10.4. The van der Waals surface area contributed by atoms with Crippen molar-refractivity contribution in [3.8, 4) is 5.75 Å². The molecule has 0 aliphatic heterocycles. The van der Waals surface area contributed by atoms with Crippen LogP contribution in [0.3, 0.4) is 0 Å². The van der Waals surface area contributed by atoms with E-state index >= 15 is 0 Å². The third-order valence-electron chi connectivity index (χ3n) is 1.46. The number of nitrogens with zero attached hydrogens (tertiary/aromatic N) is 2. The van der Waals surface area contributed by atoms with Gasteiger partial charge in [-0.05, 0) is 20.8 Å². The molecule has 0 saturated carbocycles. The van der Waals surface area contributed by atoms with Crippen LogP contribution >= 0.6 is 0 Å². The second kappa shape index (κ2) is 3.08. The first-order valence-corrected chi connectivity index (χ1v) is 3.92. The fraction of sp³-hybridized carbons (Fsp3) is 0.500. The van der Waals surface area contributed by atoms with Crippen LogP contribution in [0, 0.1) is 0 Å². The maximum Gasteiger partial charge on any atom is 0.410 e. The van der Waals surface area contributed by atoms with E-state index in [1.165, 1.54) is 6.20 Å². The van der Waals surface area contributed by atoms with Gasteiger partial charge in [0, 0.05) is 0 Å². The average Bonchev–Trinajstić information content (AvgIpc) is 2.32. The zero-order valence-corrected chi connectivity index (χ0v) is 7.94. The monoisotopic (exact) mass is 183 g/mol. The molecule has 5 heteroatoms. The normalized spacial score (nSPS) is 11.3. The molecule has 1 rings (SSSR count). The fourth-order valence-electron chi connectivity index (χ4n) is 0.842. The molecular weight excluding hydrogens is 170 g/mol. The lowest BCUT2D eigenvalue weighted by atomic mass is 10.1. The Bertz CT molecular complexity index is 311. The van der Waals surface area contributed by atoms with Crippen LogP contribution in [-0.4, -0.2) is 15.9 Å². The standard InChI is InChI=1S/C8H13N3O2/c1-8(2,3)11-5-6(4-10-11)13-7(9)12/h4-5H,1-3H3,(H2,9,12). The molecule has 0 atom stereocenters. The minimum Gasteiger partial charge on any atom is -0.407 e. The molecule has 0 bridgehead atoms. The van der Waals surface area contributed by atoms with E-state index in [2.05, 4.69) is 9.84 Å². The third kappa shape index (κ3) is 2.47. The SMILES string of the molecule is CC(C)(C)n1cc(OC(N)=O)cn1. The van der Waals surface area contributed by atoms with Gasteiger partial charge in [-0.2, -0.15) is 5.10 Å². The van der Waals surface area contributed by atoms with Gasteiger partial charge in [0.15, 0.2) is 5.75 Å².